The second kappa shape index (κ2) is 8.35. The van der Waals surface area contributed by atoms with E-state index in [-0.39, 0.29) is 17.9 Å². The normalized spacial score (nSPS) is 11.3. The second-order valence-corrected chi connectivity index (χ2v) is 8.01. The molecule has 0 saturated heterocycles. The highest BCUT2D eigenvalue weighted by molar-refractivity contribution is 6.42. The van der Waals surface area contributed by atoms with Gasteiger partial charge in [0.25, 0.3) is 5.56 Å². The van der Waals surface area contributed by atoms with Crippen molar-refractivity contribution in [1.29, 1.82) is 0 Å². The average molecular weight is 431 g/mol. The van der Waals surface area contributed by atoms with E-state index in [1.807, 2.05) is 13.8 Å². The molecule has 0 aliphatic rings. The first-order chi connectivity index (χ1) is 13.7. The molecular formula is C21H20Cl2N4O2. The van der Waals surface area contributed by atoms with Gasteiger partial charge in [0.05, 0.1) is 22.0 Å². The van der Waals surface area contributed by atoms with Gasteiger partial charge in [0.15, 0.2) is 0 Å². The summed E-state index contributed by atoms with van der Waals surface area (Å²) in [5.74, 6) is 0.117. The molecule has 1 amide bonds. The number of aromatic nitrogens is 3. The summed E-state index contributed by atoms with van der Waals surface area (Å²) in [6.45, 7) is 5.42. The van der Waals surface area contributed by atoms with Crippen molar-refractivity contribution in [3.8, 4) is 11.4 Å². The van der Waals surface area contributed by atoms with Crippen molar-refractivity contribution in [1.82, 2.24) is 20.3 Å². The number of halogens is 2. The number of hydrogen-bond acceptors (Lipinski definition) is 4. The van der Waals surface area contributed by atoms with Gasteiger partial charge in [0, 0.05) is 29.2 Å². The maximum atomic E-state index is 12.7. The van der Waals surface area contributed by atoms with Gasteiger partial charge >= 0.3 is 0 Å². The number of nitrogens with zero attached hydrogens (tertiary/aromatic N) is 2. The molecule has 0 atom stereocenters. The lowest BCUT2D eigenvalue weighted by molar-refractivity contribution is -0.122. The van der Waals surface area contributed by atoms with E-state index in [2.05, 4.69) is 20.3 Å². The molecule has 2 heterocycles. The smallest absolute Gasteiger partial charge is 0.255 e. The van der Waals surface area contributed by atoms with Crippen LogP contribution in [0.25, 0.3) is 11.4 Å². The van der Waals surface area contributed by atoms with Gasteiger partial charge in [-0.2, -0.15) is 0 Å². The summed E-state index contributed by atoms with van der Waals surface area (Å²) in [4.78, 5) is 36.4. The number of aromatic amines is 1. The van der Waals surface area contributed by atoms with Crippen LogP contribution in [0.1, 0.15) is 30.7 Å². The fraction of sp³-hybridized carbons (Fsp3) is 0.238. The maximum Gasteiger partial charge on any atom is 0.255 e. The Labute approximate surface area is 178 Å². The number of carbonyl (C=O) groups is 1. The molecule has 29 heavy (non-hydrogen) atoms. The zero-order valence-electron chi connectivity index (χ0n) is 16.2. The number of benzene rings is 1. The number of carbonyl (C=O) groups excluding carboxylic acids is 1. The van der Waals surface area contributed by atoms with Crippen LogP contribution in [0.2, 0.25) is 10.0 Å². The third-order valence-corrected chi connectivity index (χ3v) is 5.33. The molecule has 0 aliphatic carbocycles. The first-order valence-electron chi connectivity index (χ1n) is 8.94. The monoisotopic (exact) mass is 430 g/mol. The van der Waals surface area contributed by atoms with E-state index in [1.165, 1.54) is 0 Å². The van der Waals surface area contributed by atoms with Crippen LogP contribution in [-0.4, -0.2) is 20.9 Å². The molecular weight excluding hydrogens is 411 g/mol. The van der Waals surface area contributed by atoms with Crippen LogP contribution in [-0.2, 0) is 16.8 Å². The molecule has 2 aromatic heterocycles. The SMILES string of the molecule is Cc1nc(-c2cccnc2)[nH]c(=O)c1CC(=O)NC(C)(C)c1ccc(Cl)c(Cl)c1. The predicted molar refractivity (Wildman–Crippen MR) is 114 cm³/mol. The van der Waals surface area contributed by atoms with E-state index in [1.54, 1.807) is 49.6 Å². The molecule has 0 fully saturated rings. The van der Waals surface area contributed by atoms with Crippen LogP contribution >= 0.6 is 23.2 Å². The molecule has 2 N–H and O–H groups in total. The maximum absolute atomic E-state index is 12.7. The average Bonchev–Trinajstić information content (AvgIpc) is 2.67. The highest BCUT2D eigenvalue weighted by Crippen LogP contribution is 2.28. The number of H-pyrrole nitrogens is 1. The lowest BCUT2D eigenvalue weighted by Gasteiger charge is -2.27. The fourth-order valence-electron chi connectivity index (χ4n) is 2.97. The Morgan fingerprint density at radius 1 is 1.21 bits per heavy atom. The summed E-state index contributed by atoms with van der Waals surface area (Å²) < 4.78 is 0. The molecule has 3 aromatic rings. The van der Waals surface area contributed by atoms with E-state index in [9.17, 15) is 9.59 Å². The molecule has 0 spiro atoms. The number of nitrogens with one attached hydrogen (secondary N) is 2. The molecule has 0 radical (unpaired) electrons. The highest BCUT2D eigenvalue weighted by atomic mass is 35.5. The third-order valence-electron chi connectivity index (χ3n) is 4.59. The Morgan fingerprint density at radius 3 is 2.59 bits per heavy atom. The van der Waals surface area contributed by atoms with Crippen LogP contribution in [0.4, 0.5) is 0 Å². The van der Waals surface area contributed by atoms with Crippen LogP contribution in [0.5, 0.6) is 0 Å². The Morgan fingerprint density at radius 2 is 1.97 bits per heavy atom. The Balaban J connectivity index is 1.80. The van der Waals surface area contributed by atoms with Gasteiger partial charge in [-0.3, -0.25) is 14.6 Å². The Kier molecular flexibility index (Phi) is 6.05. The third kappa shape index (κ3) is 4.83. The predicted octanol–water partition coefficient (Wildman–Crippen LogP) is 4.04. The van der Waals surface area contributed by atoms with Crippen molar-refractivity contribution in [3.05, 3.63) is 79.9 Å². The van der Waals surface area contributed by atoms with Crippen molar-refractivity contribution in [2.45, 2.75) is 32.7 Å². The second-order valence-electron chi connectivity index (χ2n) is 7.20. The zero-order chi connectivity index (χ0) is 21.2. The first kappa shape index (κ1) is 21.0. The minimum Gasteiger partial charge on any atom is -0.347 e. The van der Waals surface area contributed by atoms with E-state index in [0.717, 1.165) is 5.56 Å². The molecule has 8 heteroatoms. The number of amides is 1. The van der Waals surface area contributed by atoms with Crippen LogP contribution < -0.4 is 10.9 Å². The summed E-state index contributed by atoms with van der Waals surface area (Å²) >= 11 is 12.1. The van der Waals surface area contributed by atoms with E-state index in [0.29, 0.717) is 32.7 Å². The molecule has 3 rings (SSSR count). The van der Waals surface area contributed by atoms with Gasteiger partial charge in [0.1, 0.15) is 5.82 Å². The van der Waals surface area contributed by atoms with Gasteiger partial charge in [-0.15, -0.1) is 0 Å². The Hall–Kier alpha value is -2.70. The molecule has 0 aliphatic heterocycles. The van der Waals surface area contributed by atoms with Gasteiger partial charge in [-0.05, 0) is 50.6 Å². The summed E-state index contributed by atoms with van der Waals surface area (Å²) in [7, 11) is 0. The van der Waals surface area contributed by atoms with Crippen molar-refractivity contribution in [2.24, 2.45) is 0 Å². The lowest BCUT2D eigenvalue weighted by atomic mass is 9.94. The highest BCUT2D eigenvalue weighted by Gasteiger charge is 2.24. The van der Waals surface area contributed by atoms with Crippen LogP contribution in [0.3, 0.4) is 0 Å². The van der Waals surface area contributed by atoms with E-state index in [4.69, 9.17) is 23.2 Å². The van der Waals surface area contributed by atoms with E-state index < -0.39 is 5.54 Å². The minimum absolute atomic E-state index is 0.0910. The van der Waals surface area contributed by atoms with E-state index >= 15 is 0 Å². The van der Waals surface area contributed by atoms with Crippen LogP contribution in [0.15, 0.2) is 47.5 Å². The fourth-order valence-corrected chi connectivity index (χ4v) is 3.27. The summed E-state index contributed by atoms with van der Waals surface area (Å²) in [6, 6.07) is 8.76. The lowest BCUT2D eigenvalue weighted by Crippen LogP contribution is -2.42. The number of hydrogen-bond donors (Lipinski definition) is 2. The van der Waals surface area contributed by atoms with Crippen LogP contribution in [0, 0.1) is 6.92 Å². The minimum atomic E-state index is -0.699. The standard InChI is InChI=1S/C21H20Cl2N4O2/c1-12-15(20(29)26-19(25-12)13-5-4-8-24-11-13)10-18(28)27-21(2,3)14-6-7-16(22)17(23)9-14/h4-9,11H,10H2,1-3H3,(H,27,28)(H,25,26,29). The first-order valence-corrected chi connectivity index (χ1v) is 9.69. The summed E-state index contributed by atoms with van der Waals surface area (Å²) in [6.07, 6.45) is 3.17. The zero-order valence-corrected chi connectivity index (χ0v) is 17.7. The molecule has 1 aromatic carbocycles. The van der Waals surface area contributed by atoms with Gasteiger partial charge in [-0.25, -0.2) is 4.98 Å². The van der Waals surface area contributed by atoms with Gasteiger partial charge < -0.3 is 10.3 Å². The van der Waals surface area contributed by atoms with Gasteiger partial charge in [-0.1, -0.05) is 29.3 Å². The largest absolute Gasteiger partial charge is 0.347 e. The quantitative estimate of drug-likeness (QED) is 0.638. The molecule has 0 bridgehead atoms. The number of aryl methyl sites for hydroxylation is 1. The van der Waals surface area contributed by atoms with Crippen molar-refractivity contribution >= 4 is 29.1 Å². The molecule has 150 valence electrons. The number of pyridine rings is 1. The molecule has 0 unspecified atom stereocenters. The van der Waals surface area contributed by atoms with Crippen molar-refractivity contribution in [3.63, 3.8) is 0 Å². The van der Waals surface area contributed by atoms with Crippen molar-refractivity contribution in [2.75, 3.05) is 0 Å². The number of rotatable bonds is 5. The van der Waals surface area contributed by atoms with Gasteiger partial charge in [0.2, 0.25) is 5.91 Å². The summed E-state index contributed by atoms with van der Waals surface area (Å²) in [5, 5.41) is 3.79. The topological polar surface area (TPSA) is 87.7 Å². The summed E-state index contributed by atoms with van der Waals surface area (Å²) in [5.41, 5.74) is 1.27. The Bertz CT molecular complexity index is 1110. The van der Waals surface area contributed by atoms with Crippen molar-refractivity contribution < 1.29 is 4.79 Å². The molecule has 0 saturated carbocycles. The molecule has 6 nitrogen and oxygen atoms in total.